The molecule has 0 saturated carbocycles. The van der Waals surface area contributed by atoms with Crippen molar-refractivity contribution in [3.63, 3.8) is 0 Å². The van der Waals surface area contributed by atoms with Crippen molar-refractivity contribution in [3.05, 3.63) is 39.7 Å². The molecule has 1 N–H and O–H groups in total. The van der Waals surface area contributed by atoms with Crippen LogP contribution in [-0.4, -0.2) is 18.1 Å². The molecule has 0 spiro atoms. The highest BCUT2D eigenvalue weighted by Crippen LogP contribution is 2.31. The summed E-state index contributed by atoms with van der Waals surface area (Å²) in [5.74, 6) is -0.418. The highest BCUT2D eigenvalue weighted by Gasteiger charge is 2.20. The average molecular weight is 294 g/mol. The second kappa shape index (κ2) is 5.58. The molecule has 2 aromatic rings. The van der Waals surface area contributed by atoms with Gasteiger partial charge in [0.05, 0.1) is 10.7 Å². The molecule has 5 heteroatoms. The van der Waals surface area contributed by atoms with Crippen LogP contribution in [-0.2, 0) is 0 Å². The fraction of sp³-hybridized carbons (Fsp3) is 0.400. The molecule has 1 fully saturated rings. The fourth-order valence-corrected chi connectivity index (χ4v) is 3.46. The lowest BCUT2D eigenvalue weighted by Crippen LogP contribution is -2.28. The predicted molar refractivity (Wildman–Crippen MR) is 77.0 cm³/mol. The van der Waals surface area contributed by atoms with E-state index in [1.165, 1.54) is 23.5 Å². The number of aromatic nitrogens is 1. The number of nitrogens with zero attached hydrogens (tertiary/aromatic N) is 1. The first-order chi connectivity index (χ1) is 9.65. The standard InChI is InChI=1S/C15H16F2N2S/c1-9-5-13(17)11(6-12(9)16)14-8-20-15(19-14)10-3-2-4-18-7-10/h5-6,8,10,18H,2-4,7H2,1H3. The Bertz CT molecular complexity index is 618. The topological polar surface area (TPSA) is 24.9 Å². The molecule has 106 valence electrons. The minimum absolute atomic E-state index is 0.249. The van der Waals surface area contributed by atoms with E-state index in [2.05, 4.69) is 10.3 Å². The lowest BCUT2D eigenvalue weighted by atomic mass is 10.0. The van der Waals surface area contributed by atoms with Gasteiger partial charge in [0.15, 0.2) is 0 Å². The van der Waals surface area contributed by atoms with Crippen LogP contribution < -0.4 is 5.32 Å². The highest BCUT2D eigenvalue weighted by molar-refractivity contribution is 7.10. The van der Waals surface area contributed by atoms with E-state index in [0.29, 0.717) is 17.2 Å². The zero-order valence-electron chi connectivity index (χ0n) is 11.2. The molecular formula is C15H16F2N2S. The van der Waals surface area contributed by atoms with Crippen LogP contribution in [0.4, 0.5) is 8.78 Å². The Balaban J connectivity index is 1.91. The van der Waals surface area contributed by atoms with Gasteiger partial charge in [-0.3, -0.25) is 0 Å². The largest absolute Gasteiger partial charge is 0.316 e. The van der Waals surface area contributed by atoms with Crippen LogP contribution in [0, 0.1) is 18.6 Å². The maximum Gasteiger partial charge on any atom is 0.133 e. The van der Waals surface area contributed by atoms with Crippen LogP contribution in [0.1, 0.15) is 29.3 Å². The highest BCUT2D eigenvalue weighted by atomic mass is 32.1. The molecule has 0 amide bonds. The van der Waals surface area contributed by atoms with Gasteiger partial charge in [-0.2, -0.15) is 0 Å². The third-order valence-corrected chi connectivity index (χ3v) is 4.70. The van der Waals surface area contributed by atoms with Crippen molar-refractivity contribution in [1.29, 1.82) is 0 Å². The fourth-order valence-electron chi connectivity index (χ4n) is 2.50. The molecule has 2 heterocycles. The van der Waals surface area contributed by atoms with E-state index in [4.69, 9.17) is 0 Å². The molecule has 2 nitrogen and oxygen atoms in total. The summed E-state index contributed by atoms with van der Waals surface area (Å²) in [5, 5.41) is 6.17. The first-order valence-electron chi connectivity index (χ1n) is 6.77. The Labute approximate surface area is 120 Å². The van der Waals surface area contributed by atoms with Gasteiger partial charge in [0.25, 0.3) is 0 Å². The number of benzene rings is 1. The molecule has 1 aromatic heterocycles. The number of halogens is 2. The van der Waals surface area contributed by atoms with Crippen LogP contribution in [0.2, 0.25) is 0 Å². The number of piperidine rings is 1. The Morgan fingerprint density at radius 1 is 1.30 bits per heavy atom. The average Bonchev–Trinajstić information content (AvgIpc) is 2.93. The molecule has 1 aliphatic rings. The van der Waals surface area contributed by atoms with Gasteiger partial charge in [-0.15, -0.1) is 11.3 Å². The first kappa shape index (κ1) is 13.6. The van der Waals surface area contributed by atoms with Crippen LogP contribution in [0.3, 0.4) is 0 Å². The van der Waals surface area contributed by atoms with Gasteiger partial charge in [-0.25, -0.2) is 13.8 Å². The number of hydrogen-bond donors (Lipinski definition) is 1. The minimum Gasteiger partial charge on any atom is -0.316 e. The molecule has 3 rings (SSSR count). The molecule has 0 radical (unpaired) electrons. The maximum absolute atomic E-state index is 14.0. The third-order valence-electron chi connectivity index (χ3n) is 3.69. The Hall–Kier alpha value is -1.33. The first-order valence-corrected chi connectivity index (χ1v) is 7.65. The van der Waals surface area contributed by atoms with Gasteiger partial charge in [0.1, 0.15) is 11.6 Å². The van der Waals surface area contributed by atoms with Crippen molar-refractivity contribution < 1.29 is 8.78 Å². The lowest BCUT2D eigenvalue weighted by Gasteiger charge is -2.20. The van der Waals surface area contributed by atoms with E-state index >= 15 is 0 Å². The minimum atomic E-state index is -0.414. The summed E-state index contributed by atoms with van der Waals surface area (Å²) in [6.45, 7) is 3.52. The van der Waals surface area contributed by atoms with E-state index in [1.54, 1.807) is 6.92 Å². The zero-order valence-corrected chi connectivity index (χ0v) is 12.1. The van der Waals surface area contributed by atoms with Gasteiger partial charge in [0, 0.05) is 23.4 Å². The summed E-state index contributed by atoms with van der Waals surface area (Å²) >= 11 is 1.53. The smallest absolute Gasteiger partial charge is 0.133 e. The number of hydrogen-bond acceptors (Lipinski definition) is 3. The van der Waals surface area contributed by atoms with E-state index in [9.17, 15) is 8.78 Å². The van der Waals surface area contributed by atoms with Gasteiger partial charge >= 0.3 is 0 Å². The van der Waals surface area contributed by atoms with Crippen molar-refractivity contribution in [3.8, 4) is 11.3 Å². The Morgan fingerprint density at radius 2 is 2.15 bits per heavy atom. The number of rotatable bonds is 2. The predicted octanol–water partition coefficient (Wildman–Crippen LogP) is 3.86. The Morgan fingerprint density at radius 3 is 2.90 bits per heavy atom. The van der Waals surface area contributed by atoms with Crippen LogP contribution in [0.5, 0.6) is 0 Å². The third kappa shape index (κ3) is 2.60. The SMILES string of the molecule is Cc1cc(F)c(-c2csc(C3CCCNC3)n2)cc1F. The lowest BCUT2D eigenvalue weighted by molar-refractivity contribution is 0.460. The van der Waals surface area contributed by atoms with Crippen LogP contribution in [0.25, 0.3) is 11.3 Å². The summed E-state index contributed by atoms with van der Waals surface area (Å²) in [7, 11) is 0. The molecule has 1 aromatic carbocycles. The van der Waals surface area contributed by atoms with Crippen molar-refractivity contribution in [1.82, 2.24) is 10.3 Å². The van der Waals surface area contributed by atoms with Gasteiger partial charge < -0.3 is 5.32 Å². The molecular weight excluding hydrogens is 278 g/mol. The molecule has 0 bridgehead atoms. The van der Waals surface area contributed by atoms with Gasteiger partial charge in [-0.1, -0.05) is 0 Å². The van der Waals surface area contributed by atoms with E-state index < -0.39 is 11.6 Å². The normalized spacial score (nSPS) is 19.2. The maximum atomic E-state index is 14.0. The van der Waals surface area contributed by atoms with E-state index in [0.717, 1.165) is 30.9 Å². The van der Waals surface area contributed by atoms with E-state index in [1.807, 2.05) is 5.38 Å². The molecule has 1 unspecified atom stereocenters. The zero-order chi connectivity index (χ0) is 14.1. The Kier molecular flexibility index (Phi) is 3.81. The second-order valence-corrected chi connectivity index (χ2v) is 6.09. The second-order valence-electron chi connectivity index (χ2n) is 5.20. The van der Waals surface area contributed by atoms with E-state index in [-0.39, 0.29) is 5.56 Å². The van der Waals surface area contributed by atoms with Gasteiger partial charge in [-0.05, 0) is 44.0 Å². The van der Waals surface area contributed by atoms with Crippen LogP contribution in [0.15, 0.2) is 17.5 Å². The summed E-state index contributed by atoms with van der Waals surface area (Å²) in [6.07, 6.45) is 2.23. The van der Waals surface area contributed by atoms with Crippen molar-refractivity contribution >= 4 is 11.3 Å². The summed E-state index contributed by atoms with van der Waals surface area (Å²) in [6, 6.07) is 2.47. The monoisotopic (exact) mass is 294 g/mol. The summed E-state index contributed by atoms with van der Waals surface area (Å²) < 4.78 is 27.6. The van der Waals surface area contributed by atoms with Crippen molar-refractivity contribution in [2.45, 2.75) is 25.7 Å². The number of aryl methyl sites for hydroxylation is 1. The van der Waals surface area contributed by atoms with Crippen molar-refractivity contribution in [2.75, 3.05) is 13.1 Å². The van der Waals surface area contributed by atoms with Gasteiger partial charge in [0.2, 0.25) is 0 Å². The quantitative estimate of drug-likeness (QED) is 0.909. The molecule has 1 aliphatic heterocycles. The number of nitrogens with one attached hydrogen (secondary N) is 1. The molecule has 1 atom stereocenters. The van der Waals surface area contributed by atoms with Crippen molar-refractivity contribution in [2.24, 2.45) is 0 Å². The molecule has 20 heavy (non-hydrogen) atoms. The summed E-state index contributed by atoms with van der Waals surface area (Å²) in [4.78, 5) is 4.51. The summed E-state index contributed by atoms with van der Waals surface area (Å²) in [5.41, 5.74) is 1.10. The van der Waals surface area contributed by atoms with Crippen LogP contribution >= 0.6 is 11.3 Å². The number of thiazole rings is 1. The molecule has 1 saturated heterocycles. The molecule has 0 aliphatic carbocycles.